The number of carbonyl (C=O) groups excluding carboxylic acids is 1. The Kier molecular flexibility index (Phi) is 5.65. The van der Waals surface area contributed by atoms with E-state index in [2.05, 4.69) is 29.8 Å². The molecule has 1 aromatic heterocycles. The largest absolute Gasteiger partial charge is 0.345 e. The van der Waals surface area contributed by atoms with Crippen molar-refractivity contribution < 1.29 is 4.79 Å². The molecule has 2 atom stereocenters. The number of hydrogen-bond acceptors (Lipinski definition) is 3. The number of amides is 1. The minimum absolute atomic E-state index is 0.132. The van der Waals surface area contributed by atoms with Crippen molar-refractivity contribution >= 4 is 17.2 Å². The van der Waals surface area contributed by atoms with Crippen LogP contribution >= 0.6 is 11.3 Å². The van der Waals surface area contributed by atoms with Crippen LogP contribution in [0.2, 0.25) is 0 Å². The number of nitrogens with one attached hydrogen (secondary N) is 1. The fourth-order valence-corrected chi connectivity index (χ4v) is 2.62. The number of rotatable bonds is 6. The molecule has 1 heterocycles. The Labute approximate surface area is 108 Å². The van der Waals surface area contributed by atoms with E-state index >= 15 is 0 Å². The fraction of sp³-hybridized carbons (Fsp3) is 0.615. The van der Waals surface area contributed by atoms with Crippen molar-refractivity contribution in [3.63, 3.8) is 0 Å². The van der Waals surface area contributed by atoms with Crippen molar-refractivity contribution in [3.05, 3.63) is 22.4 Å². The van der Waals surface area contributed by atoms with Crippen LogP contribution in [0.1, 0.15) is 38.1 Å². The molecule has 4 heteroatoms. The molecular weight excluding hydrogens is 232 g/mol. The Balaban J connectivity index is 2.60. The lowest BCUT2D eigenvalue weighted by molar-refractivity contribution is -0.131. The van der Waals surface area contributed by atoms with E-state index in [9.17, 15) is 4.79 Å². The van der Waals surface area contributed by atoms with E-state index in [-0.39, 0.29) is 18.0 Å². The number of likely N-dealkylation sites (N-methyl/N-ethyl adjacent to an activating group) is 1. The van der Waals surface area contributed by atoms with E-state index in [1.165, 1.54) is 4.88 Å². The van der Waals surface area contributed by atoms with Gasteiger partial charge >= 0.3 is 0 Å². The van der Waals surface area contributed by atoms with Crippen LogP contribution in [-0.2, 0) is 4.79 Å². The highest BCUT2D eigenvalue weighted by Crippen LogP contribution is 2.22. The summed E-state index contributed by atoms with van der Waals surface area (Å²) in [5.74, 6) is 0.155. The monoisotopic (exact) mass is 254 g/mol. The van der Waals surface area contributed by atoms with E-state index < -0.39 is 0 Å². The lowest BCUT2D eigenvalue weighted by Gasteiger charge is -2.24. The topological polar surface area (TPSA) is 32.3 Å². The average molecular weight is 254 g/mol. The first-order valence-electron chi connectivity index (χ1n) is 6.14. The fourth-order valence-electron chi connectivity index (χ4n) is 1.75. The smallest absolute Gasteiger partial charge is 0.239 e. The molecule has 1 N–H and O–H groups in total. The normalized spacial score (nSPS) is 14.4. The van der Waals surface area contributed by atoms with E-state index in [0.29, 0.717) is 0 Å². The molecule has 17 heavy (non-hydrogen) atoms. The first-order valence-corrected chi connectivity index (χ1v) is 7.02. The van der Waals surface area contributed by atoms with Gasteiger partial charge in [0.05, 0.1) is 6.04 Å². The van der Waals surface area contributed by atoms with E-state index in [1.807, 2.05) is 20.9 Å². The zero-order valence-corrected chi connectivity index (χ0v) is 11.9. The van der Waals surface area contributed by atoms with Crippen molar-refractivity contribution in [3.8, 4) is 0 Å². The third kappa shape index (κ3) is 3.82. The highest BCUT2D eigenvalue weighted by Gasteiger charge is 2.20. The summed E-state index contributed by atoms with van der Waals surface area (Å²) in [6.07, 6.45) is 0.994. The van der Waals surface area contributed by atoms with Crippen molar-refractivity contribution in [2.75, 3.05) is 13.6 Å². The van der Waals surface area contributed by atoms with E-state index in [0.717, 1.165) is 13.0 Å². The van der Waals surface area contributed by atoms with E-state index in [4.69, 9.17) is 0 Å². The number of thiophene rings is 1. The number of hydrogen-bond donors (Lipinski definition) is 1. The quantitative estimate of drug-likeness (QED) is 0.846. The summed E-state index contributed by atoms with van der Waals surface area (Å²) in [5.41, 5.74) is 0. The van der Waals surface area contributed by atoms with Crippen LogP contribution in [-0.4, -0.2) is 30.4 Å². The average Bonchev–Trinajstić information content (AvgIpc) is 2.87. The first-order chi connectivity index (χ1) is 8.10. The molecule has 96 valence electrons. The Morgan fingerprint density at radius 1 is 1.53 bits per heavy atom. The van der Waals surface area contributed by atoms with Crippen molar-refractivity contribution in [1.29, 1.82) is 0 Å². The summed E-state index contributed by atoms with van der Waals surface area (Å²) in [5, 5.41) is 5.48. The maximum Gasteiger partial charge on any atom is 0.239 e. The van der Waals surface area contributed by atoms with Gasteiger partial charge in [-0.3, -0.25) is 10.1 Å². The molecule has 3 nitrogen and oxygen atoms in total. The molecular formula is C13H22N2OS. The summed E-state index contributed by atoms with van der Waals surface area (Å²) in [4.78, 5) is 15.0. The maximum atomic E-state index is 12.0. The first kappa shape index (κ1) is 14.2. The van der Waals surface area contributed by atoms with Gasteiger partial charge in [0.2, 0.25) is 5.91 Å². The van der Waals surface area contributed by atoms with Gasteiger partial charge in [-0.05, 0) is 31.7 Å². The van der Waals surface area contributed by atoms with Crippen LogP contribution in [0.5, 0.6) is 0 Å². The molecule has 0 spiro atoms. The summed E-state index contributed by atoms with van der Waals surface area (Å²) < 4.78 is 0. The van der Waals surface area contributed by atoms with Gasteiger partial charge in [-0.1, -0.05) is 13.0 Å². The SMILES string of the molecule is CCC(NC(C)C(=O)N(C)CC)c1cccs1. The summed E-state index contributed by atoms with van der Waals surface area (Å²) in [6.45, 7) is 6.81. The Morgan fingerprint density at radius 2 is 2.24 bits per heavy atom. The lowest BCUT2D eigenvalue weighted by Crippen LogP contribution is -2.44. The third-order valence-electron chi connectivity index (χ3n) is 2.97. The summed E-state index contributed by atoms with van der Waals surface area (Å²) in [6, 6.07) is 4.31. The second kappa shape index (κ2) is 6.77. The van der Waals surface area contributed by atoms with Gasteiger partial charge in [0, 0.05) is 24.5 Å². The lowest BCUT2D eigenvalue weighted by atomic mass is 10.1. The molecule has 0 saturated carbocycles. The van der Waals surface area contributed by atoms with Crippen LogP contribution in [0, 0.1) is 0 Å². The Hall–Kier alpha value is -0.870. The van der Waals surface area contributed by atoms with Gasteiger partial charge in [-0.2, -0.15) is 0 Å². The molecule has 0 aliphatic carbocycles. The molecule has 2 unspecified atom stereocenters. The highest BCUT2D eigenvalue weighted by atomic mass is 32.1. The predicted molar refractivity (Wildman–Crippen MR) is 73.3 cm³/mol. The molecule has 0 radical (unpaired) electrons. The van der Waals surface area contributed by atoms with Crippen LogP contribution in [0.25, 0.3) is 0 Å². The summed E-state index contributed by atoms with van der Waals surface area (Å²) >= 11 is 1.74. The standard InChI is InChI=1S/C13H22N2OS/c1-5-11(12-8-7-9-17-12)14-10(3)13(16)15(4)6-2/h7-11,14H,5-6H2,1-4H3. The van der Waals surface area contributed by atoms with Gasteiger partial charge in [0.15, 0.2) is 0 Å². The maximum absolute atomic E-state index is 12.0. The molecule has 0 fully saturated rings. The molecule has 1 rings (SSSR count). The van der Waals surface area contributed by atoms with Gasteiger partial charge in [-0.15, -0.1) is 11.3 Å². The van der Waals surface area contributed by atoms with Crippen molar-refractivity contribution in [2.45, 2.75) is 39.3 Å². The van der Waals surface area contributed by atoms with Gasteiger partial charge in [-0.25, -0.2) is 0 Å². The van der Waals surface area contributed by atoms with Crippen LogP contribution in [0.4, 0.5) is 0 Å². The number of nitrogens with zero attached hydrogens (tertiary/aromatic N) is 1. The Bertz CT molecular complexity index is 337. The van der Waals surface area contributed by atoms with Crippen molar-refractivity contribution in [2.24, 2.45) is 0 Å². The van der Waals surface area contributed by atoms with Crippen LogP contribution in [0.15, 0.2) is 17.5 Å². The minimum Gasteiger partial charge on any atom is -0.345 e. The number of carbonyl (C=O) groups is 1. The van der Waals surface area contributed by atoms with Gasteiger partial charge < -0.3 is 4.90 Å². The van der Waals surface area contributed by atoms with E-state index in [1.54, 1.807) is 16.2 Å². The van der Waals surface area contributed by atoms with Crippen LogP contribution < -0.4 is 5.32 Å². The summed E-state index contributed by atoms with van der Waals surface area (Å²) in [7, 11) is 1.84. The molecule has 0 aliphatic heterocycles. The highest BCUT2D eigenvalue weighted by molar-refractivity contribution is 7.10. The van der Waals surface area contributed by atoms with Gasteiger partial charge in [0.25, 0.3) is 0 Å². The van der Waals surface area contributed by atoms with Crippen molar-refractivity contribution in [1.82, 2.24) is 10.2 Å². The minimum atomic E-state index is -0.132. The molecule has 0 aliphatic rings. The molecule has 0 aromatic carbocycles. The predicted octanol–water partition coefficient (Wildman–Crippen LogP) is 2.66. The molecule has 0 saturated heterocycles. The van der Waals surface area contributed by atoms with Crippen LogP contribution in [0.3, 0.4) is 0 Å². The second-order valence-electron chi connectivity index (χ2n) is 4.22. The Morgan fingerprint density at radius 3 is 2.71 bits per heavy atom. The molecule has 1 amide bonds. The zero-order valence-electron chi connectivity index (χ0n) is 11.1. The second-order valence-corrected chi connectivity index (χ2v) is 5.20. The molecule has 0 bridgehead atoms. The van der Waals surface area contributed by atoms with Gasteiger partial charge in [0.1, 0.15) is 0 Å². The molecule has 1 aromatic rings. The zero-order chi connectivity index (χ0) is 12.8. The third-order valence-corrected chi connectivity index (χ3v) is 3.95.